The quantitative estimate of drug-likeness (QED) is 0.336. The van der Waals surface area contributed by atoms with Crippen LogP contribution in [0.3, 0.4) is 0 Å². The summed E-state index contributed by atoms with van der Waals surface area (Å²) < 4.78 is 7.97. The van der Waals surface area contributed by atoms with Gasteiger partial charge in [-0.3, -0.25) is 23.7 Å². The number of anilines is 2. The van der Waals surface area contributed by atoms with Crippen LogP contribution < -0.4 is 21.3 Å². The molecule has 4 rings (SSSR count). The van der Waals surface area contributed by atoms with Crippen LogP contribution in [0.4, 0.5) is 11.5 Å². The minimum absolute atomic E-state index is 0.125. The number of aromatic nitrogens is 4. The lowest BCUT2D eigenvalue weighted by Crippen LogP contribution is -2.45. The van der Waals surface area contributed by atoms with Crippen LogP contribution in [-0.2, 0) is 17.9 Å². The summed E-state index contributed by atoms with van der Waals surface area (Å²) >= 11 is 6.00. The van der Waals surface area contributed by atoms with Crippen molar-refractivity contribution in [2.75, 3.05) is 5.32 Å². The van der Waals surface area contributed by atoms with E-state index in [0.717, 1.165) is 10.1 Å². The van der Waals surface area contributed by atoms with Gasteiger partial charge in [0, 0.05) is 35.7 Å². The van der Waals surface area contributed by atoms with Crippen LogP contribution in [0.5, 0.6) is 11.6 Å². The second kappa shape index (κ2) is 10.7. The topological polar surface area (TPSA) is 128 Å². The van der Waals surface area contributed by atoms with Gasteiger partial charge in [0.05, 0.1) is 18.2 Å². The SMILES string of the molecule is CC(C)(Cn1c(=O)cc(Nc2ccc(Oc3cnccn3)cc2)n(Cc2ccc(Cl)cc2)c1=O)C(=O)O. The van der Waals surface area contributed by atoms with Gasteiger partial charge in [-0.15, -0.1) is 0 Å². The lowest BCUT2D eigenvalue weighted by Gasteiger charge is -2.22. The third kappa shape index (κ3) is 6.22. The van der Waals surface area contributed by atoms with Gasteiger partial charge in [0.15, 0.2) is 0 Å². The maximum Gasteiger partial charge on any atom is 0.332 e. The predicted molar refractivity (Wildman–Crippen MR) is 139 cm³/mol. The molecule has 10 nitrogen and oxygen atoms in total. The van der Waals surface area contributed by atoms with Crippen LogP contribution in [-0.4, -0.2) is 30.2 Å². The number of nitrogens with one attached hydrogen (secondary N) is 1. The lowest BCUT2D eigenvalue weighted by atomic mass is 9.94. The van der Waals surface area contributed by atoms with Crippen LogP contribution in [0.2, 0.25) is 5.02 Å². The first-order valence-electron chi connectivity index (χ1n) is 11.3. The highest BCUT2D eigenvalue weighted by molar-refractivity contribution is 6.30. The largest absolute Gasteiger partial charge is 0.481 e. The average molecular weight is 522 g/mol. The van der Waals surface area contributed by atoms with E-state index in [1.54, 1.807) is 54.7 Å². The molecule has 2 heterocycles. The smallest absolute Gasteiger partial charge is 0.332 e. The number of benzene rings is 2. The Kier molecular flexibility index (Phi) is 7.40. The van der Waals surface area contributed by atoms with Crippen molar-refractivity contribution in [2.45, 2.75) is 26.9 Å². The number of halogens is 1. The molecule has 0 aliphatic carbocycles. The summed E-state index contributed by atoms with van der Waals surface area (Å²) in [7, 11) is 0. The molecular formula is C26H24ClN5O5. The van der Waals surface area contributed by atoms with Gasteiger partial charge in [0.25, 0.3) is 5.56 Å². The van der Waals surface area contributed by atoms with Crippen molar-refractivity contribution in [1.29, 1.82) is 0 Å². The van der Waals surface area contributed by atoms with E-state index in [1.807, 2.05) is 0 Å². The molecule has 11 heteroatoms. The van der Waals surface area contributed by atoms with E-state index in [9.17, 15) is 19.5 Å². The number of rotatable bonds is 9. The minimum atomic E-state index is -1.32. The summed E-state index contributed by atoms with van der Waals surface area (Å²) in [6, 6.07) is 15.1. The Balaban J connectivity index is 1.69. The third-order valence-corrected chi connectivity index (χ3v) is 5.81. The number of carboxylic acid groups (broad SMARTS) is 1. The van der Waals surface area contributed by atoms with Gasteiger partial charge < -0.3 is 15.2 Å². The molecule has 0 saturated heterocycles. The zero-order valence-corrected chi connectivity index (χ0v) is 20.8. The van der Waals surface area contributed by atoms with Gasteiger partial charge in [-0.2, -0.15) is 0 Å². The molecule has 190 valence electrons. The summed E-state index contributed by atoms with van der Waals surface area (Å²) in [4.78, 5) is 46.0. The highest BCUT2D eigenvalue weighted by Crippen LogP contribution is 2.23. The Hall–Kier alpha value is -4.44. The first kappa shape index (κ1) is 25.6. The van der Waals surface area contributed by atoms with Gasteiger partial charge in [-0.1, -0.05) is 23.7 Å². The van der Waals surface area contributed by atoms with Crippen molar-refractivity contribution >= 4 is 29.1 Å². The minimum Gasteiger partial charge on any atom is -0.481 e. The van der Waals surface area contributed by atoms with Crippen molar-refractivity contribution < 1.29 is 14.6 Å². The number of aliphatic carboxylic acids is 1. The van der Waals surface area contributed by atoms with Crippen molar-refractivity contribution in [3.8, 4) is 11.6 Å². The first-order chi connectivity index (χ1) is 17.6. The number of hydrogen-bond acceptors (Lipinski definition) is 7. The number of hydrogen-bond donors (Lipinski definition) is 2. The highest BCUT2D eigenvalue weighted by atomic mass is 35.5. The highest BCUT2D eigenvalue weighted by Gasteiger charge is 2.29. The molecule has 0 bridgehead atoms. The maximum absolute atomic E-state index is 13.5. The molecule has 2 aromatic heterocycles. The van der Waals surface area contributed by atoms with Crippen molar-refractivity contribution in [1.82, 2.24) is 19.1 Å². The van der Waals surface area contributed by atoms with Crippen molar-refractivity contribution in [3.05, 3.63) is 105 Å². The van der Waals surface area contributed by atoms with E-state index in [4.69, 9.17) is 16.3 Å². The molecule has 2 N–H and O–H groups in total. The number of nitrogens with zero attached hydrogens (tertiary/aromatic N) is 4. The molecular weight excluding hydrogens is 498 g/mol. The lowest BCUT2D eigenvalue weighted by molar-refractivity contribution is -0.147. The summed E-state index contributed by atoms with van der Waals surface area (Å²) in [6.07, 6.45) is 4.55. The van der Waals surface area contributed by atoms with Crippen LogP contribution in [0.1, 0.15) is 19.4 Å². The Labute approximate surface area is 216 Å². The van der Waals surface area contributed by atoms with Crippen LogP contribution in [0.25, 0.3) is 0 Å². The zero-order valence-electron chi connectivity index (χ0n) is 20.1. The summed E-state index contributed by atoms with van der Waals surface area (Å²) in [5.74, 6) is -0.00481. The Morgan fingerprint density at radius 3 is 2.38 bits per heavy atom. The van der Waals surface area contributed by atoms with Crippen LogP contribution in [0.15, 0.2) is 82.8 Å². The average Bonchev–Trinajstić information content (AvgIpc) is 2.87. The monoisotopic (exact) mass is 521 g/mol. The third-order valence-electron chi connectivity index (χ3n) is 5.55. The van der Waals surface area contributed by atoms with Gasteiger partial charge in [0.1, 0.15) is 11.6 Å². The Bertz CT molecular complexity index is 1510. The van der Waals surface area contributed by atoms with Crippen LogP contribution >= 0.6 is 11.6 Å². The summed E-state index contributed by atoms with van der Waals surface area (Å²) in [5.41, 5.74) is -1.21. The van der Waals surface area contributed by atoms with Crippen molar-refractivity contribution in [3.63, 3.8) is 0 Å². The molecule has 2 aromatic carbocycles. The van der Waals surface area contributed by atoms with E-state index in [-0.39, 0.29) is 18.9 Å². The molecule has 0 aliphatic rings. The van der Waals surface area contributed by atoms with Crippen LogP contribution in [0, 0.1) is 5.41 Å². The van der Waals surface area contributed by atoms with Gasteiger partial charge in [-0.05, 0) is 55.8 Å². The molecule has 0 saturated carbocycles. The van der Waals surface area contributed by atoms with E-state index in [2.05, 4.69) is 15.3 Å². The fraction of sp³-hybridized carbons (Fsp3) is 0.192. The molecule has 0 spiro atoms. The predicted octanol–water partition coefficient (Wildman–Crippen LogP) is 4.15. The van der Waals surface area contributed by atoms with Gasteiger partial charge in [-0.25, -0.2) is 9.78 Å². The van der Waals surface area contributed by atoms with Gasteiger partial charge >= 0.3 is 11.7 Å². The standard InChI is InChI=1S/C26H24ClN5O5/c1-26(2,24(34)35)16-32-23(33)13-21(31(25(32)36)15-17-3-5-18(27)6-4-17)30-19-7-9-20(10-8-19)37-22-14-28-11-12-29-22/h3-14,30H,15-16H2,1-2H3,(H,34,35). The molecule has 0 radical (unpaired) electrons. The molecule has 0 amide bonds. The fourth-order valence-corrected chi connectivity index (χ4v) is 3.59. The second-order valence-corrected chi connectivity index (χ2v) is 9.37. The fourth-order valence-electron chi connectivity index (χ4n) is 3.47. The van der Waals surface area contributed by atoms with Crippen molar-refractivity contribution in [2.24, 2.45) is 5.41 Å². The normalized spacial score (nSPS) is 11.2. The van der Waals surface area contributed by atoms with E-state index >= 15 is 0 Å². The molecule has 0 unspecified atom stereocenters. The molecule has 0 fully saturated rings. The molecule has 4 aromatic rings. The second-order valence-electron chi connectivity index (χ2n) is 8.93. The Morgan fingerprint density at radius 2 is 1.76 bits per heavy atom. The molecule has 0 aliphatic heterocycles. The van der Waals surface area contributed by atoms with Gasteiger partial charge in [0.2, 0.25) is 5.88 Å². The number of ether oxygens (including phenoxy) is 1. The van der Waals surface area contributed by atoms with E-state index < -0.39 is 22.6 Å². The number of carboxylic acids is 1. The molecule has 37 heavy (non-hydrogen) atoms. The van der Waals surface area contributed by atoms with E-state index in [1.165, 1.54) is 36.9 Å². The zero-order chi connectivity index (χ0) is 26.6. The Morgan fingerprint density at radius 1 is 1.05 bits per heavy atom. The maximum atomic E-state index is 13.5. The first-order valence-corrected chi connectivity index (χ1v) is 11.6. The summed E-state index contributed by atoms with van der Waals surface area (Å²) in [5, 5.41) is 13.2. The number of carbonyl (C=O) groups is 1. The summed E-state index contributed by atoms with van der Waals surface area (Å²) in [6.45, 7) is 2.76. The molecule has 0 atom stereocenters. The van der Waals surface area contributed by atoms with E-state index in [0.29, 0.717) is 22.3 Å².